The number of sulfonamides is 1. The average molecular weight is 499 g/mol. The van der Waals surface area contributed by atoms with E-state index in [9.17, 15) is 13.2 Å². The maximum absolute atomic E-state index is 13.4. The van der Waals surface area contributed by atoms with Crippen molar-refractivity contribution in [2.45, 2.75) is 55.5 Å². The third-order valence-corrected chi connectivity index (χ3v) is 9.92. The number of rotatable bonds is 6. The lowest BCUT2D eigenvalue weighted by Gasteiger charge is -2.45. The summed E-state index contributed by atoms with van der Waals surface area (Å²) in [7, 11) is -3.69. The van der Waals surface area contributed by atoms with Gasteiger partial charge >= 0.3 is 0 Å². The first-order valence-electron chi connectivity index (χ1n) is 12.9. The van der Waals surface area contributed by atoms with Crippen molar-refractivity contribution < 1.29 is 22.8 Å². The SMILES string of the molecule is O=C(NCC1([NH+]2CCOCC2)CCCCC1)c1cccc(S(=O)(=O)N2CCc3ccccc3C2)c1. The zero-order valence-electron chi connectivity index (χ0n) is 20.3. The third kappa shape index (κ3) is 5.16. The summed E-state index contributed by atoms with van der Waals surface area (Å²) in [5.41, 5.74) is 2.68. The van der Waals surface area contributed by atoms with Crippen molar-refractivity contribution in [3.8, 4) is 0 Å². The Morgan fingerprint density at radius 2 is 1.74 bits per heavy atom. The highest BCUT2D eigenvalue weighted by Crippen LogP contribution is 2.27. The summed E-state index contributed by atoms with van der Waals surface area (Å²) in [6, 6.07) is 14.5. The number of hydrogen-bond donors (Lipinski definition) is 2. The summed E-state index contributed by atoms with van der Waals surface area (Å²) in [5.74, 6) is -0.205. The molecule has 3 aliphatic rings. The highest BCUT2D eigenvalue weighted by molar-refractivity contribution is 7.89. The zero-order valence-corrected chi connectivity index (χ0v) is 21.1. The molecule has 7 nitrogen and oxygen atoms in total. The second-order valence-electron chi connectivity index (χ2n) is 10.1. The molecule has 2 aromatic rings. The molecule has 0 radical (unpaired) electrons. The summed E-state index contributed by atoms with van der Waals surface area (Å²) in [5, 5.41) is 3.17. The number of hydrogen-bond acceptors (Lipinski definition) is 4. The van der Waals surface area contributed by atoms with Crippen LogP contribution in [0.1, 0.15) is 53.6 Å². The number of morpholine rings is 1. The first kappa shape index (κ1) is 24.4. The summed E-state index contributed by atoms with van der Waals surface area (Å²) in [6.07, 6.45) is 6.53. The fourth-order valence-corrected chi connectivity index (χ4v) is 7.47. The topological polar surface area (TPSA) is 80.1 Å². The lowest BCUT2D eigenvalue weighted by Crippen LogP contribution is -3.23. The number of nitrogens with zero attached hydrogens (tertiary/aromatic N) is 1. The molecular formula is C27H36N3O4S+. The van der Waals surface area contributed by atoms with Crippen molar-refractivity contribution in [1.29, 1.82) is 0 Å². The second-order valence-corrected chi connectivity index (χ2v) is 12.1. The molecule has 1 saturated carbocycles. The molecular weight excluding hydrogens is 462 g/mol. The van der Waals surface area contributed by atoms with Crippen molar-refractivity contribution in [1.82, 2.24) is 9.62 Å². The van der Waals surface area contributed by atoms with Gasteiger partial charge in [-0.05, 0) is 48.6 Å². The predicted molar refractivity (Wildman–Crippen MR) is 134 cm³/mol. The highest BCUT2D eigenvalue weighted by Gasteiger charge is 2.42. The van der Waals surface area contributed by atoms with Crippen LogP contribution in [0.4, 0.5) is 0 Å². The molecule has 2 N–H and O–H groups in total. The Hall–Kier alpha value is -2.26. The van der Waals surface area contributed by atoms with Gasteiger partial charge in [-0.1, -0.05) is 36.8 Å². The molecule has 2 aromatic carbocycles. The Labute approximate surface area is 208 Å². The number of benzene rings is 2. The van der Waals surface area contributed by atoms with Crippen LogP contribution in [-0.4, -0.2) is 63.6 Å². The van der Waals surface area contributed by atoms with E-state index < -0.39 is 10.0 Å². The average Bonchev–Trinajstić information content (AvgIpc) is 2.92. The third-order valence-electron chi connectivity index (χ3n) is 8.07. The van der Waals surface area contributed by atoms with E-state index in [1.807, 2.05) is 18.2 Å². The van der Waals surface area contributed by atoms with Crippen molar-refractivity contribution in [2.24, 2.45) is 0 Å². The molecule has 1 amide bonds. The van der Waals surface area contributed by atoms with Crippen LogP contribution in [0.5, 0.6) is 0 Å². The molecule has 1 saturated heterocycles. The number of ether oxygens (including phenoxy) is 1. The minimum atomic E-state index is -3.69. The molecule has 2 heterocycles. The summed E-state index contributed by atoms with van der Waals surface area (Å²) in [6.45, 7) is 4.91. The highest BCUT2D eigenvalue weighted by atomic mass is 32.2. The van der Waals surface area contributed by atoms with E-state index in [2.05, 4.69) is 11.4 Å². The van der Waals surface area contributed by atoms with Gasteiger partial charge in [0.15, 0.2) is 0 Å². The number of amides is 1. The molecule has 188 valence electrons. The van der Waals surface area contributed by atoms with Gasteiger partial charge in [0.25, 0.3) is 5.91 Å². The van der Waals surface area contributed by atoms with Gasteiger partial charge in [0, 0.05) is 31.5 Å². The molecule has 8 heteroatoms. The quantitative estimate of drug-likeness (QED) is 0.637. The number of carbonyl (C=O) groups is 1. The van der Waals surface area contributed by atoms with Crippen molar-refractivity contribution in [3.05, 3.63) is 65.2 Å². The zero-order chi connectivity index (χ0) is 24.3. The van der Waals surface area contributed by atoms with Crippen LogP contribution in [0.3, 0.4) is 0 Å². The van der Waals surface area contributed by atoms with E-state index in [1.54, 1.807) is 18.2 Å². The smallest absolute Gasteiger partial charge is 0.251 e. The molecule has 5 rings (SSSR count). The Morgan fingerprint density at radius 1 is 1.00 bits per heavy atom. The van der Waals surface area contributed by atoms with Crippen molar-refractivity contribution in [3.63, 3.8) is 0 Å². The summed E-state index contributed by atoms with van der Waals surface area (Å²) in [4.78, 5) is 14.9. The fraction of sp³-hybridized carbons (Fsp3) is 0.519. The number of quaternary nitrogens is 1. The van der Waals surface area contributed by atoms with E-state index in [4.69, 9.17) is 4.74 Å². The van der Waals surface area contributed by atoms with E-state index in [-0.39, 0.29) is 16.3 Å². The van der Waals surface area contributed by atoms with Crippen LogP contribution in [-0.2, 0) is 27.7 Å². The molecule has 0 aromatic heterocycles. The Bertz CT molecular complexity index is 1150. The minimum Gasteiger partial charge on any atom is -0.370 e. The molecule has 2 aliphatic heterocycles. The van der Waals surface area contributed by atoms with Crippen LogP contribution >= 0.6 is 0 Å². The first-order chi connectivity index (χ1) is 17.0. The van der Waals surface area contributed by atoms with Gasteiger partial charge in [0.2, 0.25) is 10.0 Å². The number of fused-ring (bicyclic) bond motifs is 1. The first-order valence-corrected chi connectivity index (χ1v) is 14.3. The van der Waals surface area contributed by atoms with Crippen LogP contribution in [0.2, 0.25) is 0 Å². The van der Waals surface area contributed by atoms with Crippen LogP contribution in [0.25, 0.3) is 0 Å². The van der Waals surface area contributed by atoms with Crippen molar-refractivity contribution in [2.75, 3.05) is 39.4 Å². The Morgan fingerprint density at radius 3 is 2.51 bits per heavy atom. The number of carbonyl (C=O) groups excluding carboxylic acids is 1. The van der Waals surface area contributed by atoms with Gasteiger partial charge in [-0.25, -0.2) is 8.42 Å². The van der Waals surface area contributed by atoms with Gasteiger partial charge in [-0.15, -0.1) is 0 Å². The second kappa shape index (κ2) is 10.4. The predicted octanol–water partition coefficient (Wildman–Crippen LogP) is 1.78. The number of nitrogens with one attached hydrogen (secondary N) is 2. The molecule has 0 bridgehead atoms. The molecule has 0 spiro atoms. The molecule has 35 heavy (non-hydrogen) atoms. The summed E-state index contributed by atoms with van der Waals surface area (Å²) >= 11 is 0. The monoisotopic (exact) mass is 498 g/mol. The lowest BCUT2D eigenvalue weighted by atomic mass is 9.79. The van der Waals surface area contributed by atoms with Crippen LogP contribution < -0.4 is 10.2 Å². The molecule has 0 atom stereocenters. The Kier molecular flexibility index (Phi) is 7.25. The Balaban J connectivity index is 1.29. The summed E-state index contributed by atoms with van der Waals surface area (Å²) < 4.78 is 33.9. The van der Waals surface area contributed by atoms with E-state index >= 15 is 0 Å². The molecule has 1 aliphatic carbocycles. The van der Waals surface area contributed by atoms with E-state index in [0.29, 0.717) is 31.6 Å². The van der Waals surface area contributed by atoms with Crippen LogP contribution in [0, 0.1) is 0 Å². The van der Waals surface area contributed by atoms with Gasteiger partial charge < -0.3 is 15.0 Å². The fourth-order valence-electron chi connectivity index (χ4n) is 6.01. The molecule has 2 fully saturated rings. The van der Waals surface area contributed by atoms with Gasteiger partial charge in [0.05, 0.1) is 24.7 Å². The lowest BCUT2D eigenvalue weighted by molar-refractivity contribution is -0.960. The minimum absolute atomic E-state index is 0.0442. The molecule has 0 unspecified atom stereocenters. The maximum Gasteiger partial charge on any atom is 0.251 e. The van der Waals surface area contributed by atoms with E-state index in [0.717, 1.165) is 44.7 Å². The maximum atomic E-state index is 13.4. The standard InChI is InChI=1S/C27H35N3O4S/c31-26(28-21-27(12-4-1-5-13-27)29-15-17-34-18-16-29)23-9-6-10-25(19-23)35(32,33)30-14-11-22-7-2-3-8-24(22)20-30/h2-3,6-10,19H,1,4-5,11-18,20-21H2,(H,28,31)/p+1. The van der Waals surface area contributed by atoms with E-state index in [1.165, 1.54) is 40.1 Å². The van der Waals surface area contributed by atoms with Crippen LogP contribution in [0.15, 0.2) is 53.4 Å². The van der Waals surface area contributed by atoms with Gasteiger partial charge in [-0.2, -0.15) is 4.31 Å². The normalized spacial score (nSPS) is 21.3. The van der Waals surface area contributed by atoms with Gasteiger partial charge in [-0.3, -0.25) is 4.79 Å². The van der Waals surface area contributed by atoms with Crippen molar-refractivity contribution >= 4 is 15.9 Å². The largest absolute Gasteiger partial charge is 0.370 e. The van der Waals surface area contributed by atoms with Gasteiger partial charge in [0.1, 0.15) is 18.6 Å².